The molecular formula is C59H54N4O8. The van der Waals surface area contributed by atoms with Crippen LogP contribution in [0.3, 0.4) is 0 Å². The Hall–Kier alpha value is -7.87. The van der Waals surface area contributed by atoms with E-state index >= 15 is 0 Å². The Morgan fingerprint density at radius 2 is 0.958 bits per heavy atom. The molecule has 2 aromatic heterocycles. The lowest BCUT2D eigenvalue weighted by atomic mass is 9.80. The number of nitrogens with zero attached hydrogens (tertiary/aromatic N) is 4. The van der Waals surface area contributed by atoms with Crippen molar-refractivity contribution in [2.45, 2.75) is 42.7 Å². The fraction of sp³-hybridized carbons (Fsp3) is 0.203. The Morgan fingerprint density at radius 3 is 1.41 bits per heavy atom. The summed E-state index contributed by atoms with van der Waals surface area (Å²) in [6, 6.07) is 60.2. The van der Waals surface area contributed by atoms with Gasteiger partial charge >= 0.3 is 0 Å². The van der Waals surface area contributed by atoms with Gasteiger partial charge in [-0.1, -0.05) is 133 Å². The maximum Gasteiger partial charge on any atom is 0.165 e. The molecule has 10 rings (SSSR count). The van der Waals surface area contributed by atoms with Crippen molar-refractivity contribution in [3.63, 3.8) is 0 Å². The lowest BCUT2D eigenvalue weighted by Crippen LogP contribution is -2.38. The van der Waals surface area contributed by atoms with Crippen LogP contribution in [0, 0.1) is 0 Å². The van der Waals surface area contributed by atoms with Crippen LogP contribution < -0.4 is 18.9 Å². The van der Waals surface area contributed by atoms with Gasteiger partial charge in [-0.3, -0.25) is 4.57 Å². The van der Waals surface area contributed by atoms with Gasteiger partial charge in [0, 0.05) is 12.0 Å². The predicted molar refractivity (Wildman–Crippen MR) is 271 cm³/mol. The first-order chi connectivity index (χ1) is 34.9. The van der Waals surface area contributed by atoms with Crippen LogP contribution in [0.5, 0.6) is 23.0 Å². The molecule has 1 saturated heterocycles. The number of aromatic nitrogens is 4. The Labute approximate surface area is 413 Å². The molecule has 0 bridgehead atoms. The average Bonchev–Trinajstić information content (AvgIpc) is 4.05. The molecule has 7 aromatic carbocycles. The monoisotopic (exact) mass is 946 g/mol. The highest BCUT2D eigenvalue weighted by Gasteiger charge is 2.43. The molecule has 3 heterocycles. The van der Waals surface area contributed by atoms with E-state index in [1.54, 1.807) is 34.8 Å². The first kappa shape index (κ1) is 46.8. The number of rotatable bonds is 18. The third-order valence-electron chi connectivity index (χ3n) is 13.4. The topological polar surface area (TPSA) is 128 Å². The van der Waals surface area contributed by atoms with E-state index in [0.717, 1.165) is 67.5 Å². The van der Waals surface area contributed by atoms with Gasteiger partial charge in [-0.25, -0.2) is 15.0 Å². The van der Waals surface area contributed by atoms with E-state index in [-0.39, 0.29) is 6.61 Å². The zero-order chi connectivity index (χ0) is 48.8. The highest BCUT2D eigenvalue weighted by atomic mass is 16.6. The van der Waals surface area contributed by atoms with Gasteiger partial charge in [-0.15, -0.1) is 0 Å². The molecular weight excluding hydrogens is 893 g/mol. The lowest BCUT2D eigenvalue weighted by Gasteiger charge is -2.37. The SMILES string of the molecule is COc1ccc(C(OCc2ccc(-c3ncnc4c3ncn4[C@H]3C[C@H](O)[C@@H](COC(c4ccccc4)(c4ccc(OC)cc4)c4ccc(OC)cc4)O3)cc2)(c2ccccc2)c2ccc(OC)cc2)cc1. The summed E-state index contributed by atoms with van der Waals surface area (Å²) in [6.45, 7) is 0.361. The minimum atomic E-state index is -1.08. The smallest absolute Gasteiger partial charge is 0.165 e. The molecule has 0 saturated carbocycles. The second-order valence-electron chi connectivity index (χ2n) is 17.3. The van der Waals surface area contributed by atoms with Gasteiger partial charge in [0.1, 0.15) is 64.1 Å². The van der Waals surface area contributed by atoms with Crippen molar-refractivity contribution in [3.05, 3.63) is 234 Å². The molecule has 0 radical (unpaired) electrons. The Morgan fingerprint density at radius 1 is 0.521 bits per heavy atom. The van der Waals surface area contributed by atoms with Crippen molar-refractivity contribution in [1.82, 2.24) is 19.5 Å². The van der Waals surface area contributed by atoms with Crippen molar-refractivity contribution >= 4 is 11.2 Å². The summed E-state index contributed by atoms with van der Waals surface area (Å²) < 4.78 is 44.9. The predicted octanol–water partition coefficient (Wildman–Crippen LogP) is 10.7. The lowest BCUT2D eigenvalue weighted by molar-refractivity contribution is -0.0931. The van der Waals surface area contributed by atoms with Crippen molar-refractivity contribution in [2.75, 3.05) is 35.0 Å². The molecule has 358 valence electrons. The van der Waals surface area contributed by atoms with Crippen LogP contribution in [0.2, 0.25) is 0 Å². The van der Waals surface area contributed by atoms with Crippen molar-refractivity contribution in [2.24, 2.45) is 0 Å². The molecule has 0 unspecified atom stereocenters. The van der Waals surface area contributed by atoms with Crippen LogP contribution in [0.25, 0.3) is 22.4 Å². The standard InChI is InChI=1S/C59H54N4O8/c1-65-48-27-19-44(20-28-48)58(42-11-7-5-8-12-42,45-21-29-49(66-2)30-22-45)69-36-40-15-17-41(18-16-40)55-56-57(61-38-60-55)63(39-62-56)54-35-52(64)53(71-54)37-70-59(43-13-9-6-10-14-43,46-23-31-50(67-3)32-24-46)47-25-33-51(68-4)34-26-47/h5-34,38-39,52-54,64H,35-37H2,1-4H3/t52-,53+,54+/m0/s1. The first-order valence-electron chi connectivity index (χ1n) is 23.4. The first-order valence-corrected chi connectivity index (χ1v) is 23.4. The van der Waals surface area contributed by atoms with Crippen LogP contribution in [0.1, 0.15) is 51.6 Å². The number of fused-ring (bicyclic) bond motifs is 1. The second-order valence-corrected chi connectivity index (χ2v) is 17.3. The average molecular weight is 947 g/mol. The molecule has 3 atom stereocenters. The summed E-state index contributed by atoms with van der Waals surface area (Å²) in [4.78, 5) is 14.2. The van der Waals surface area contributed by atoms with Crippen LogP contribution >= 0.6 is 0 Å². The molecule has 12 nitrogen and oxygen atoms in total. The number of methoxy groups -OCH3 is 4. The Balaban J connectivity index is 0.904. The summed E-state index contributed by atoms with van der Waals surface area (Å²) in [5.41, 5.74) is 7.19. The molecule has 0 amide bonds. The van der Waals surface area contributed by atoms with Crippen LogP contribution in [-0.2, 0) is 32.0 Å². The number of imidazole rings is 1. The zero-order valence-corrected chi connectivity index (χ0v) is 39.9. The largest absolute Gasteiger partial charge is 0.497 e. The minimum Gasteiger partial charge on any atom is -0.497 e. The molecule has 71 heavy (non-hydrogen) atoms. The number of hydrogen-bond donors (Lipinski definition) is 1. The summed E-state index contributed by atoms with van der Waals surface area (Å²) >= 11 is 0. The van der Waals surface area contributed by atoms with Gasteiger partial charge in [-0.05, 0) is 87.5 Å². The van der Waals surface area contributed by atoms with Crippen molar-refractivity contribution < 1.29 is 38.3 Å². The zero-order valence-electron chi connectivity index (χ0n) is 39.9. The number of hydrogen-bond acceptors (Lipinski definition) is 11. The molecule has 1 N–H and O–H groups in total. The van der Waals surface area contributed by atoms with E-state index in [2.05, 4.69) is 17.1 Å². The van der Waals surface area contributed by atoms with Gasteiger partial charge in [0.15, 0.2) is 5.65 Å². The van der Waals surface area contributed by atoms with E-state index in [1.807, 2.05) is 174 Å². The van der Waals surface area contributed by atoms with Crippen LogP contribution in [-0.4, -0.2) is 71.9 Å². The Kier molecular flexibility index (Phi) is 13.6. The fourth-order valence-electron chi connectivity index (χ4n) is 9.62. The molecule has 9 aromatic rings. The summed E-state index contributed by atoms with van der Waals surface area (Å²) in [7, 11) is 6.61. The maximum atomic E-state index is 11.6. The van der Waals surface area contributed by atoms with Crippen LogP contribution in [0.15, 0.2) is 195 Å². The van der Waals surface area contributed by atoms with Gasteiger partial charge < -0.3 is 38.3 Å². The van der Waals surface area contributed by atoms with E-state index < -0.39 is 29.6 Å². The van der Waals surface area contributed by atoms with E-state index in [0.29, 0.717) is 29.9 Å². The fourth-order valence-corrected chi connectivity index (χ4v) is 9.62. The maximum absolute atomic E-state index is 11.6. The van der Waals surface area contributed by atoms with Crippen molar-refractivity contribution in [3.8, 4) is 34.3 Å². The summed E-state index contributed by atoms with van der Waals surface area (Å²) in [6.07, 6.45) is 1.45. The molecule has 0 aliphatic carbocycles. The van der Waals surface area contributed by atoms with Gasteiger partial charge in [0.05, 0.1) is 54.1 Å². The molecule has 1 fully saturated rings. The number of benzene rings is 7. The molecule has 12 heteroatoms. The summed E-state index contributed by atoms with van der Waals surface area (Å²) in [5.74, 6) is 2.96. The van der Waals surface area contributed by atoms with E-state index in [4.69, 9.17) is 43.1 Å². The summed E-state index contributed by atoms with van der Waals surface area (Å²) in [5, 5.41) is 11.6. The molecule has 1 aliphatic rings. The number of aliphatic hydroxyl groups excluding tert-OH is 1. The minimum absolute atomic E-state index is 0.0697. The number of aliphatic hydroxyl groups is 1. The number of ether oxygens (including phenoxy) is 7. The quantitative estimate of drug-likeness (QED) is 0.0826. The Bertz CT molecular complexity index is 3060. The third kappa shape index (κ3) is 9.10. The van der Waals surface area contributed by atoms with Gasteiger partial charge in [0.25, 0.3) is 0 Å². The molecule has 0 spiro atoms. The third-order valence-corrected chi connectivity index (χ3v) is 13.4. The molecule has 1 aliphatic heterocycles. The normalized spacial score (nSPS) is 15.9. The van der Waals surface area contributed by atoms with E-state index in [9.17, 15) is 5.11 Å². The van der Waals surface area contributed by atoms with Crippen molar-refractivity contribution in [1.29, 1.82) is 0 Å². The van der Waals surface area contributed by atoms with Gasteiger partial charge in [0.2, 0.25) is 0 Å². The van der Waals surface area contributed by atoms with Crippen LogP contribution in [0.4, 0.5) is 0 Å². The highest BCUT2D eigenvalue weighted by molar-refractivity contribution is 5.87. The highest BCUT2D eigenvalue weighted by Crippen LogP contribution is 2.45. The van der Waals surface area contributed by atoms with Gasteiger partial charge in [-0.2, -0.15) is 0 Å². The second kappa shape index (κ2) is 20.6. The van der Waals surface area contributed by atoms with E-state index in [1.165, 1.54) is 6.33 Å².